The maximum atomic E-state index is 13.2. The Morgan fingerprint density at radius 1 is 1.19 bits per heavy atom. The molecule has 0 spiro atoms. The molecule has 1 aromatic heterocycles. The number of ether oxygens (including phenoxy) is 1. The van der Waals surface area contributed by atoms with Crippen molar-refractivity contribution < 1.29 is 18.7 Å². The Bertz CT molecular complexity index is 764. The standard InChI is InChI=1S/C17H15FO3/c1-20-10-11-4-2-3-5-14(11)17(19)16-9-12-8-13(18)6-7-15(12)21-16/h2-9,17,19H,10H2,1H3. The fourth-order valence-corrected chi connectivity index (χ4v) is 2.41. The van der Waals surface area contributed by atoms with Gasteiger partial charge in [-0.1, -0.05) is 24.3 Å². The van der Waals surface area contributed by atoms with Gasteiger partial charge in [0.1, 0.15) is 23.3 Å². The number of hydrogen-bond acceptors (Lipinski definition) is 3. The number of rotatable bonds is 4. The van der Waals surface area contributed by atoms with Crippen LogP contribution in [0, 0.1) is 5.82 Å². The number of halogens is 1. The molecule has 0 saturated heterocycles. The van der Waals surface area contributed by atoms with Gasteiger partial charge in [0, 0.05) is 12.5 Å². The van der Waals surface area contributed by atoms with Crippen molar-refractivity contribution in [1.29, 1.82) is 0 Å². The zero-order valence-electron chi connectivity index (χ0n) is 11.5. The third-order valence-electron chi connectivity index (χ3n) is 3.42. The van der Waals surface area contributed by atoms with Crippen molar-refractivity contribution in [3.05, 3.63) is 71.2 Å². The predicted octanol–water partition coefficient (Wildman–Crippen LogP) is 3.80. The van der Waals surface area contributed by atoms with Crippen LogP contribution < -0.4 is 0 Å². The van der Waals surface area contributed by atoms with Crippen molar-refractivity contribution in [2.75, 3.05) is 7.11 Å². The molecule has 2 aromatic carbocycles. The van der Waals surface area contributed by atoms with Gasteiger partial charge in [-0.25, -0.2) is 4.39 Å². The number of methoxy groups -OCH3 is 1. The zero-order valence-corrected chi connectivity index (χ0v) is 11.5. The summed E-state index contributed by atoms with van der Waals surface area (Å²) >= 11 is 0. The van der Waals surface area contributed by atoms with Gasteiger partial charge >= 0.3 is 0 Å². The lowest BCUT2D eigenvalue weighted by atomic mass is 10.0. The van der Waals surface area contributed by atoms with E-state index in [0.717, 1.165) is 11.1 Å². The van der Waals surface area contributed by atoms with Gasteiger partial charge in [0.2, 0.25) is 0 Å². The Morgan fingerprint density at radius 3 is 2.81 bits per heavy atom. The second kappa shape index (κ2) is 5.68. The fraction of sp³-hybridized carbons (Fsp3) is 0.176. The molecule has 21 heavy (non-hydrogen) atoms. The van der Waals surface area contributed by atoms with E-state index in [2.05, 4.69) is 0 Å². The van der Waals surface area contributed by atoms with Crippen molar-refractivity contribution in [2.24, 2.45) is 0 Å². The molecule has 1 N–H and O–H groups in total. The number of fused-ring (bicyclic) bond motifs is 1. The van der Waals surface area contributed by atoms with E-state index in [-0.39, 0.29) is 5.82 Å². The molecule has 0 radical (unpaired) electrons. The largest absolute Gasteiger partial charge is 0.458 e. The minimum absolute atomic E-state index is 0.330. The van der Waals surface area contributed by atoms with E-state index in [0.29, 0.717) is 23.3 Å². The SMILES string of the molecule is COCc1ccccc1C(O)c1cc2cc(F)ccc2o1. The molecule has 0 aliphatic heterocycles. The maximum absolute atomic E-state index is 13.2. The van der Waals surface area contributed by atoms with Crippen molar-refractivity contribution in [3.8, 4) is 0 Å². The summed E-state index contributed by atoms with van der Waals surface area (Å²) in [6.07, 6.45) is -0.910. The fourth-order valence-electron chi connectivity index (χ4n) is 2.41. The number of furan rings is 1. The summed E-state index contributed by atoms with van der Waals surface area (Å²) in [5.41, 5.74) is 2.16. The predicted molar refractivity (Wildman–Crippen MR) is 77.4 cm³/mol. The third-order valence-corrected chi connectivity index (χ3v) is 3.42. The van der Waals surface area contributed by atoms with Gasteiger partial charge in [0.15, 0.2) is 0 Å². The van der Waals surface area contributed by atoms with Crippen LogP contribution >= 0.6 is 0 Å². The number of hydrogen-bond donors (Lipinski definition) is 1. The molecular formula is C17H15FO3. The zero-order chi connectivity index (χ0) is 14.8. The Morgan fingerprint density at radius 2 is 2.00 bits per heavy atom. The van der Waals surface area contributed by atoms with Crippen molar-refractivity contribution in [2.45, 2.75) is 12.7 Å². The molecule has 0 aliphatic rings. The topological polar surface area (TPSA) is 42.6 Å². The molecule has 1 unspecified atom stereocenters. The Labute approximate surface area is 121 Å². The highest BCUT2D eigenvalue weighted by Gasteiger charge is 2.18. The number of aliphatic hydroxyl groups excluding tert-OH is 1. The quantitative estimate of drug-likeness (QED) is 0.793. The minimum atomic E-state index is -0.910. The minimum Gasteiger partial charge on any atom is -0.458 e. The molecule has 0 aliphatic carbocycles. The third kappa shape index (κ3) is 2.68. The molecule has 3 rings (SSSR count). The Balaban J connectivity index is 2.02. The van der Waals surface area contributed by atoms with Crippen LogP contribution in [0.25, 0.3) is 11.0 Å². The van der Waals surface area contributed by atoms with Crippen LogP contribution in [0.4, 0.5) is 4.39 Å². The highest BCUT2D eigenvalue weighted by atomic mass is 19.1. The van der Waals surface area contributed by atoms with E-state index in [1.807, 2.05) is 24.3 Å². The molecular weight excluding hydrogens is 271 g/mol. The normalized spacial score (nSPS) is 12.7. The first-order chi connectivity index (χ1) is 10.2. The van der Waals surface area contributed by atoms with Gasteiger partial charge in [-0.2, -0.15) is 0 Å². The van der Waals surface area contributed by atoms with Crippen molar-refractivity contribution in [1.82, 2.24) is 0 Å². The lowest BCUT2D eigenvalue weighted by Crippen LogP contribution is -2.03. The van der Waals surface area contributed by atoms with Crippen LogP contribution in [0.15, 0.2) is 52.9 Å². The lowest BCUT2D eigenvalue weighted by Gasteiger charge is -2.13. The molecule has 1 heterocycles. The summed E-state index contributed by atoms with van der Waals surface area (Å²) in [7, 11) is 1.60. The van der Waals surface area contributed by atoms with Gasteiger partial charge in [0.25, 0.3) is 0 Å². The summed E-state index contributed by atoms with van der Waals surface area (Å²) in [6.45, 7) is 0.405. The van der Waals surface area contributed by atoms with Crippen LogP contribution in [0.2, 0.25) is 0 Å². The highest BCUT2D eigenvalue weighted by Crippen LogP contribution is 2.30. The first-order valence-electron chi connectivity index (χ1n) is 6.63. The van der Waals surface area contributed by atoms with E-state index in [9.17, 15) is 9.50 Å². The number of benzene rings is 2. The molecule has 0 amide bonds. The second-order valence-corrected chi connectivity index (χ2v) is 4.87. The highest BCUT2D eigenvalue weighted by molar-refractivity contribution is 5.78. The van der Waals surface area contributed by atoms with E-state index in [4.69, 9.17) is 9.15 Å². The average Bonchev–Trinajstić information content (AvgIpc) is 2.90. The lowest BCUT2D eigenvalue weighted by molar-refractivity contribution is 0.169. The molecule has 3 nitrogen and oxygen atoms in total. The Kier molecular flexibility index (Phi) is 3.73. The van der Waals surface area contributed by atoms with Crippen LogP contribution in [-0.2, 0) is 11.3 Å². The van der Waals surface area contributed by atoms with Gasteiger partial charge in [-0.05, 0) is 35.4 Å². The van der Waals surface area contributed by atoms with Crippen molar-refractivity contribution in [3.63, 3.8) is 0 Å². The van der Waals surface area contributed by atoms with Gasteiger partial charge in [-0.15, -0.1) is 0 Å². The summed E-state index contributed by atoms with van der Waals surface area (Å²) < 4.78 is 24.0. The molecule has 0 bridgehead atoms. The molecule has 3 aromatic rings. The van der Waals surface area contributed by atoms with Gasteiger partial charge < -0.3 is 14.3 Å². The Hall–Kier alpha value is -2.17. The summed E-state index contributed by atoms with van der Waals surface area (Å²) in [4.78, 5) is 0. The van der Waals surface area contributed by atoms with Gasteiger partial charge in [-0.3, -0.25) is 0 Å². The molecule has 1 atom stereocenters. The van der Waals surface area contributed by atoms with E-state index in [1.54, 1.807) is 19.2 Å². The average molecular weight is 286 g/mol. The summed E-state index contributed by atoms with van der Waals surface area (Å²) in [5, 5.41) is 11.2. The smallest absolute Gasteiger partial charge is 0.138 e. The molecule has 0 saturated carbocycles. The monoisotopic (exact) mass is 286 g/mol. The van der Waals surface area contributed by atoms with Crippen LogP contribution in [0.3, 0.4) is 0 Å². The van der Waals surface area contributed by atoms with E-state index >= 15 is 0 Å². The first-order valence-corrected chi connectivity index (χ1v) is 6.63. The summed E-state index contributed by atoms with van der Waals surface area (Å²) in [6, 6.07) is 13.4. The maximum Gasteiger partial charge on any atom is 0.138 e. The second-order valence-electron chi connectivity index (χ2n) is 4.87. The van der Waals surface area contributed by atoms with Crippen LogP contribution in [-0.4, -0.2) is 12.2 Å². The molecule has 0 fully saturated rings. The molecule has 4 heteroatoms. The molecule has 108 valence electrons. The van der Waals surface area contributed by atoms with Crippen LogP contribution in [0.5, 0.6) is 0 Å². The van der Waals surface area contributed by atoms with Crippen molar-refractivity contribution >= 4 is 11.0 Å². The van der Waals surface area contributed by atoms with E-state index in [1.165, 1.54) is 12.1 Å². The van der Waals surface area contributed by atoms with E-state index < -0.39 is 6.10 Å². The number of aliphatic hydroxyl groups is 1. The summed E-state index contributed by atoms with van der Waals surface area (Å²) in [5.74, 6) is 0.0586. The first kappa shape index (κ1) is 13.8. The van der Waals surface area contributed by atoms with Gasteiger partial charge in [0.05, 0.1) is 6.61 Å². The van der Waals surface area contributed by atoms with Crippen LogP contribution in [0.1, 0.15) is 23.0 Å².